The number of hydrogen-bond acceptors (Lipinski definition) is 6. The molecule has 11 heteroatoms. The van der Waals surface area contributed by atoms with E-state index in [9.17, 15) is 22.8 Å². The molecule has 2 heterocycles. The van der Waals surface area contributed by atoms with Gasteiger partial charge < -0.3 is 5.32 Å². The average molecular weight is 534 g/mol. The van der Waals surface area contributed by atoms with Crippen molar-refractivity contribution < 1.29 is 22.8 Å². The summed E-state index contributed by atoms with van der Waals surface area (Å²) in [6.45, 7) is 1.08. The van der Waals surface area contributed by atoms with Gasteiger partial charge in [-0.3, -0.25) is 19.3 Å². The predicted molar refractivity (Wildman–Crippen MR) is 136 cm³/mol. The first-order valence-electron chi connectivity index (χ1n) is 11.2. The summed E-state index contributed by atoms with van der Waals surface area (Å²) in [4.78, 5) is 38.9. The molecule has 2 aliphatic heterocycles. The molecule has 35 heavy (non-hydrogen) atoms. The zero-order valence-corrected chi connectivity index (χ0v) is 21.2. The Balaban J connectivity index is 1.33. The maximum atomic E-state index is 12.8. The Morgan fingerprint density at radius 2 is 1.71 bits per heavy atom. The molecule has 0 unspecified atom stereocenters. The number of halogens is 1. The SMILES string of the molecule is O=C(NCCN1C(=O)SC(=Cc2ccccc2Cl)C1=O)c1ccc(S(=O)(=O)N2CCCCC2)cc1. The second-order valence-corrected chi connectivity index (χ2v) is 11.4. The summed E-state index contributed by atoms with van der Waals surface area (Å²) in [5.41, 5.74) is 0.925. The number of benzene rings is 2. The Morgan fingerprint density at radius 1 is 1.03 bits per heavy atom. The molecule has 1 N–H and O–H groups in total. The molecule has 0 atom stereocenters. The maximum absolute atomic E-state index is 12.8. The average Bonchev–Trinajstić information content (AvgIpc) is 3.13. The lowest BCUT2D eigenvalue weighted by Crippen LogP contribution is -2.37. The number of rotatable bonds is 7. The first-order valence-corrected chi connectivity index (χ1v) is 13.8. The van der Waals surface area contributed by atoms with Crippen molar-refractivity contribution in [2.75, 3.05) is 26.2 Å². The van der Waals surface area contributed by atoms with Crippen molar-refractivity contribution in [3.05, 3.63) is 69.6 Å². The molecule has 0 saturated carbocycles. The summed E-state index contributed by atoms with van der Waals surface area (Å²) in [6.07, 6.45) is 4.29. The molecule has 8 nitrogen and oxygen atoms in total. The zero-order valence-electron chi connectivity index (χ0n) is 18.8. The number of thioether (sulfide) groups is 1. The fourth-order valence-corrected chi connectivity index (χ4v) is 6.41. The Morgan fingerprint density at radius 3 is 2.40 bits per heavy atom. The van der Waals surface area contributed by atoms with Gasteiger partial charge in [-0.05, 0) is 66.6 Å². The Kier molecular flexibility index (Phi) is 7.95. The lowest BCUT2D eigenvalue weighted by molar-refractivity contribution is -0.122. The highest BCUT2D eigenvalue weighted by atomic mass is 35.5. The van der Waals surface area contributed by atoms with Crippen LogP contribution in [-0.4, -0.2) is 60.9 Å². The fraction of sp³-hybridized carbons (Fsp3) is 0.292. The molecule has 0 aliphatic carbocycles. The summed E-state index contributed by atoms with van der Waals surface area (Å²) in [5, 5.41) is 2.72. The molecule has 2 aromatic rings. The van der Waals surface area contributed by atoms with Crippen LogP contribution in [-0.2, 0) is 14.8 Å². The van der Waals surface area contributed by atoms with Crippen LogP contribution in [0.25, 0.3) is 6.08 Å². The number of carbonyl (C=O) groups is 3. The van der Waals surface area contributed by atoms with E-state index < -0.39 is 27.1 Å². The van der Waals surface area contributed by atoms with Crippen LogP contribution in [0.5, 0.6) is 0 Å². The number of piperidine rings is 1. The molecule has 0 aromatic heterocycles. The molecule has 2 aromatic carbocycles. The standard InChI is InChI=1S/C24H24ClN3O5S2/c25-20-7-3-2-6-18(20)16-21-23(30)28(24(31)34-21)15-12-26-22(29)17-8-10-19(11-9-17)35(32,33)27-13-4-1-5-14-27/h2-3,6-11,16H,1,4-5,12-15H2,(H,26,29). The van der Waals surface area contributed by atoms with E-state index in [1.165, 1.54) is 28.6 Å². The molecule has 2 saturated heterocycles. The van der Waals surface area contributed by atoms with Gasteiger partial charge in [0, 0.05) is 36.8 Å². The van der Waals surface area contributed by atoms with Crippen LogP contribution < -0.4 is 5.32 Å². The zero-order chi connectivity index (χ0) is 25.0. The van der Waals surface area contributed by atoms with E-state index >= 15 is 0 Å². The first-order chi connectivity index (χ1) is 16.8. The number of hydrogen-bond donors (Lipinski definition) is 1. The first kappa shape index (κ1) is 25.4. The van der Waals surface area contributed by atoms with Gasteiger partial charge in [0.1, 0.15) is 0 Å². The van der Waals surface area contributed by atoms with Crippen molar-refractivity contribution in [1.29, 1.82) is 0 Å². The molecule has 4 rings (SSSR count). The largest absolute Gasteiger partial charge is 0.350 e. The quantitative estimate of drug-likeness (QED) is 0.540. The van der Waals surface area contributed by atoms with E-state index in [0.29, 0.717) is 23.7 Å². The molecule has 0 bridgehead atoms. The van der Waals surface area contributed by atoms with Gasteiger partial charge in [0.15, 0.2) is 0 Å². The molecular formula is C24H24ClN3O5S2. The van der Waals surface area contributed by atoms with Gasteiger partial charge in [0.05, 0.1) is 9.80 Å². The van der Waals surface area contributed by atoms with Gasteiger partial charge in [-0.1, -0.05) is 36.2 Å². The normalized spacial score (nSPS) is 18.3. The van der Waals surface area contributed by atoms with Gasteiger partial charge >= 0.3 is 0 Å². The Bertz CT molecular complexity index is 1270. The van der Waals surface area contributed by atoms with Gasteiger partial charge in [0.2, 0.25) is 10.0 Å². The number of nitrogens with one attached hydrogen (secondary N) is 1. The second-order valence-electron chi connectivity index (χ2n) is 8.10. The highest BCUT2D eigenvalue weighted by Crippen LogP contribution is 2.33. The van der Waals surface area contributed by atoms with Gasteiger partial charge in [0.25, 0.3) is 17.1 Å². The lowest BCUT2D eigenvalue weighted by Gasteiger charge is -2.25. The second kappa shape index (κ2) is 10.9. The molecule has 2 aliphatic rings. The van der Waals surface area contributed by atoms with E-state index in [-0.39, 0.29) is 28.5 Å². The van der Waals surface area contributed by atoms with Crippen molar-refractivity contribution in [1.82, 2.24) is 14.5 Å². The Labute approximate surface area is 213 Å². The monoisotopic (exact) mass is 533 g/mol. The Hall–Kier alpha value is -2.66. The molecule has 0 radical (unpaired) electrons. The van der Waals surface area contributed by atoms with E-state index in [2.05, 4.69) is 5.32 Å². The van der Waals surface area contributed by atoms with Crippen LogP contribution in [0, 0.1) is 0 Å². The van der Waals surface area contributed by atoms with Crippen LogP contribution >= 0.6 is 23.4 Å². The van der Waals surface area contributed by atoms with Crippen LogP contribution in [0.15, 0.2) is 58.3 Å². The summed E-state index contributed by atoms with van der Waals surface area (Å²) >= 11 is 6.95. The summed E-state index contributed by atoms with van der Waals surface area (Å²) in [7, 11) is -3.57. The highest BCUT2D eigenvalue weighted by Gasteiger charge is 2.34. The smallest absolute Gasteiger partial charge is 0.293 e. The maximum Gasteiger partial charge on any atom is 0.293 e. The van der Waals surface area contributed by atoms with Crippen LogP contribution in [0.1, 0.15) is 35.2 Å². The number of imide groups is 1. The van der Waals surface area contributed by atoms with E-state index in [0.717, 1.165) is 35.9 Å². The number of sulfonamides is 1. The van der Waals surface area contributed by atoms with E-state index in [4.69, 9.17) is 11.6 Å². The van der Waals surface area contributed by atoms with E-state index in [1.54, 1.807) is 30.3 Å². The molecule has 2 fully saturated rings. The predicted octanol–water partition coefficient (Wildman–Crippen LogP) is 3.98. The number of carbonyl (C=O) groups excluding carboxylic acids is 3. The molecular weight excluding hydrogens is 510 g/mol. The fourth-order valence-electron chi connectivity index (χ4n) is 3.84. The molecule has 0 spiro atoms. The molecule has 3 amide bonds. The van der Waals surface area contributed by atoms with Crippen molar-refractivity contribution >= 4 is 56.5 Å². The minimum Gasteiger partial charge on any atom is -0.350 e. The third-order valence-corrected chi connectivity index (χ3v) is 8.92. The lowest BCUT2D eigenvalue weighted by atomic mass is 10.2. The van der Waals surface area contributed by atoms with Crippen molar-refractivity contribution in [2.45, 2.75) is 24.2 Å². The number of nitrogens with zero attached hydrogens (tertiary/aromatic N) is 2. The van der Waals surface area contributed by atoms with Crippen LogP contribution in [0.4, 0.5) is 4.79 Å². The number of amides is 3. The van der Waals surface area contributed by atoms with Crippen LogP contribution in [0.3, 0.4) is 0 Å². The van der Waals surface area contributed by atoms with Crippen molar-refractivity contribution in [3.8, 4) is 0 Å². The van der Waals surface area contributed by atoms with Gasteiger partial charge in [-0.15, -0.1) is 0 Å². The van der Waals surface area contributed by atoms with Crippen LogP contribution in [0.2, 0.25) is 5.02 Å². The highest BCUT2D eigenvalue weighted by molar-refractivity contribution is 8.18. The third-order valence-electron chi connectivity index (χ3n) is 5.76. The van der Waals surface area contributed by atoms with Gasteiger partial charge in [-0.2, -0.15) is 4.31 Å². The summed E-state index contributed by atoms with van der Waals surface area (Å²) in [5.74, 6) is -0.869. The minimum absolute atomic E-state index is 0.0116. The topological polar surface area (TPSA) is 104 Å². The summed E-state index contributed by atoms with van der Waals surface area (Å²) in [6, 6.07) is 12.8. The van der Waals surface area contributed by atoms with E-state index in [1.807, 2.05) is 0 Å². The van der Waals surface area contributed by atoms with Gasteiger partial charge in [-0.25, -0.2) is 8.42 Å². The third kappa shape index (κ3) is 5.78. The van der Waals surface area contributed by atoms with Crippen molar-refractivity contribution in [2.24, 2.45) is 0 Å². The minimum atomic E-state index is -3.57. The summed E-state index contributed by atoms with van der Waals surface area (Å²) < 4.78 is 27.0. The molecule has 184 valence electrons. The van der Waals surface area contributed by atoms with Crippen molar-refractivity contribution in [3.63, 3.8) is 0 Å².